The number of amides is 1. The number of rotatable bonds is 4. The minimum Gasteiger partial charge on any atom is -0.385 e. The molecule has 0 unspecified atom stereocenters. The van der Waals surface area contributed by atoms with Crippen LogP contribution in [0.1, 0.15) is 30.1 Å². The van der Waals surface area contributed by atoms with Gasteiger partial charge in [0.2, 0.25) is 0 Å². The van der Waals surface area contributed by atoms with E-state index in [1.165, 1.54) is 0 Å². The number of hydrogen-bond acceptors (Lipinski definition) is 3. The molecule has 1 N–H and O–H groups in total. The van der Waals surface area contributed by atoms with E-state index in [1.807, 2.05) is 29.2 Å². The zero-order chi connectivity index (χ0) is 13.7. The summed E-state index contributed by atoms with van der Waals surface area (Å²) in [6.45, 7) is 4.51. The number of benzene rings is 1. The molecule has 0 radical (unpaired) electrons. The Morgan fingerprint density at radius 2 is 1.95 bits per heavy atom. The molecule has 1 aromatic rings. The van der Waals surface area contributed by atoms with Crippen LogP contribution < -0.4 is 5.32 Å². The molecule has 1 fully saturated rings. The number of anilines is 1. The topological polar surface area (TPSA) is 41.6 Å². The average Bonchev–Trinajstić information content (AvgIpc) is 2.48. The smallest absolute Gasteiger partial charge is 0.253 e. The maximum atomic E-state index is 12.3. The number of piperidine rings is 1. The first-order valence-electron chi connectivity index (χ1n) is 6.90. The third-order valence-corrected chi connectivity index (χ3v) is 3.58. The van der Waals surface area contributed by atoms with Crippen molar-refractivity contribution in [3.8, 4) is 0 Å². The van der Waals surface area contributed by atoms with Gasteiger partial charge in [0.05, 0.1) is 6.10 Å². The molecule has 1 saturated heterocycles. The van der Waals surface area contributed by atoms with Gasteiger partial charge in [-0.2, -0.15) is 0 Å². The van der Waals surface area contributed by atoms with Crippen LogP contribution in [-0.2, 0) is 4.74 Å². The second-order valence-electron chi connectivity index (χ2n) is 4.83. The lowest BCUT2D eigenvalue weighted by atomic mass is 10.1. The molecule has 1 aliphatic rings. The Bertz CT molecular complexity index is 409. The summed E-state index contributed by atoms with van der Waals surface area (Å²) in [6, 6.07) is 7.70. The third kappa shape index (κ3) is 3.47. The van der Waals surface area contributed by atoms with Crippen molar-refractivity contribution in [2.24, 2.45) is 0 Å². The van der Waals surface area contributed by atoms with Crippen molar-refractivity contribution < 1.29 is 9.53 Å². The molecule has 0 saturated carbocycles. The van der Waals surface area contributed by atoms with E-state index < -0.39 is 0 Å². The number of carbonyl (C=O) groups excluding carboxylic acids is 1. The molecule has 1 aliphatic heterocycles. The summed E-state index contributed by atoms with van der Waals surface area (Å²) in [7, 11) is 1.74. The summed E-state index contributed by atoms with van der Waals surface area (Å²) in [5.41, 5.74) is 1.81. The Hall–Kier alpha value is -1.55. The maximum Gasteiger partial charge on any atom is 0.253 e. The molecule has 0 atom stereocenters. The van der Waals surface area contributed by atoms with Gasteiger partial charge in [-0.25, -0.2) is 0 Å². The normalized spacial score (nSPS) is 16.4. The zero-order valence-corrected chi connectivity index (χ0v) is 11.7. The maximum absolute atomic E-state index is 12.3. The van der Waals surface area contributed by atoms with Gasteiger partial charge in [-0.1, -0.05) is 0 Å². The quantitative estimate of drug-likeness (QED) is 0.905. The largest absolute Gasteiger partial charge is 0.385 e. The molecule has 2 rings (SSSR count). The number of nitrogens with one attached hydrogen (secondary N) is 1. The fraction of sp³-hybridized carbons (Fsp3) is 0.533. The lowest BCUT2D eigenvalue weighted by Crippen LogP contribution is -2.40. The number of carbonyl (C=O) groups is 1. The van der Waals surface area contributed by atoms with Gasteiger partial charge in [-0.05, 0) is 44.0 Å². The number of hydrogen-bond donors (Lipinski definition) is 1. The van der Waals surface area contributed by atoms with Crippen LogP contribution in [-0.4, -0.2) is 43.7 Å². The van der Waals surface area contributed by atoms with Crippen LogP contribution in [0.3, 0.4) is 0 Å². The summed E-state index contributed by atoms with van der Waals surface area (Å²) in [4.78, 5) is 14.2. The highest BCUT2D eigenvalue weighted by Gasteiger charge is 2.23. The van der Waals surface area contributed by atoms with Crippen LogP contribution in [0.5, 0.6) is 0 Å². The molecule has 0 spiro atoms. The fourth-order valence-electron chi connectivity index (χ4n) is 2.41. The van der Waals surface area contributed by atoms with Crippen LogP contribution in [0.15, 0.2) is 24.3 Å². The van der Waals surface area contributed by atoms with Crippen molar-refractivity contribution in [3.63, 3.8) is 0 Å². The van der Waals surface area contributed by atoms with E-state index >= 15 is 0 Å². The Labute approximate surface area is 114 Å². The number of likely N-dealkylation sites (tertiary alicyclic amines) is 1. The Balaban J connectivity index is 1.96. The summed E-state index contributed by atoms with van der Waals surface area (Å²) in [6.07, 6.45) is 2.16. The molecule has 4 nitrogen and oxygen atoms in total. The van der Waals surface area contributed by atoms with E-state index in [2.05, 4.69) is 12.2 Å². The second-order valence-corrected chi connectivity index (χ2v) is 4.83. The third-order valence-electron chi connectivity index (χ3n) is 3.58. The minimum atomic E-state index is 0.123. The van der Waals surface area contributed by atoms with Gasteiger partial charge < -0.3 is 15.0 Å². The first-order valence-corrected chi connectivity index (χ1v) is 6.90. The molecule has 1 aromatic carbocycles. The van der Waals surface area contributed by atoms with Crippen molar-refractivity contribution in [3.05, 3.63) is 29.8 Å². The molecular formula is C15H22N2O2. The number of ether oxygens (including phenoxy) is 1. The van der Waals surface area contributed by atoms with Crippen molar-refractivity contribution >= 4 is 11.6 Å². The molecule has 1 amide bonds. The van der Waals surface area contributed by atoms with Gasteiger partial charge in [0, 0.05) is 38.0 Å². The van der Waals surface area contributed by atoms with Crippen LogP contribution >= 0.6 is 0 Å². The van der Waals surface area contributed by atoms with Gasteiger partial charge in [0.15, 0.2) is 0 Å². The molecular weight excluding hydrogens is 240 g/mol. The molecule has 19 heavy (non-hydrogen) atoms. The van der Waals surface area contributed by atoms with Gasteiger partial charge in [0.25, 0.3) is 5.91 Å². The van der Waals surface area contributed by atoms with Crippen molar-refractivity contribution in [1.82, 2.24) is 4.90 Å². The SMILES string of the molecule is CCNc1ccc(C(=O)N2CCC(OC)CC2)cc1. The van der Waals surface area contributed by atoms with Gasteiger partial charge >= 0.3 is 0 Å². The van der Waals surface area contributed by atoms with Crippen LogP contribution in [0.2, 0.25) is 0 Å². The highest BCUT2D eigenvalue weighted by Crippen LogP contribution is 2.17. The summed E-state index contributed by atoms with van der Waals surface area (Å²) >= 11 is 0. The lowest BCUT2D eigenvalue weighted by molar-refractivity contribution is 0.0351. The van der Waals surface area contributed by atoms with E-state index in [0.717, 1.165) is 43.7 Å². The van der Waals surface area contributed by atoms with Crippen molar-refractivity contribution in [2.75, 3.05) is 32.1 Å². The highest BCUT2D eigenvalue weighted by molar-refractivity contribution is 5.94. The summed E-state index contributed by atoms with van der Waals surface area (Å²) in [5, 5.41) is 3.23. The van der Waals surface area contributed by atoms with Crippen LogP contribution in [0.25, 0.3) is 0 Å². The van der Waals surface area contributed by atoms with Crippen LogP contribution in [0.4, 0.5) is 5.69 Å². The van der Waals surface area contributed by atoms with Crippen molar-refractivity contribution in [1.29, 1.82) is 0 Å². The number of nitrogens with zero attached hydrogens (tertiary/aromatic N) is 1. The van der Waals surface area contributed by atoms with Crippen LogP contribution in [0, 0.1) is 0 Å². The second kappa shape index (κ2) is 6.57. The summed E-state index contributed by atoms with van der Waals surface area (Å²) < 4.78 is 5.32. The Morgan fingerprint density at radius 1 is 1.32 bits per heavy atom. The molecule has 0 aliphatic carbocycles. The first-order chi connectivity index (χ1) is 9.24. The van der Waals surface area contributed by atoms with E-state index in [1.54, 1.807) is 7.11 Å². The first kappa shape index (κ1) is 13.9. The summed E-state index contributed by atoms with van der Waals surface area (Å²) in [5.74, 6) is 0.123. The molecule has 104 valence electrons. The Kier molecular flexibility index (Phi) is 4.80. The molecule has 1 heterocycles. The number of methoxy groups -OCH3 is 1. The minimum absolute atomic E-state index is 0.123. The monoisotopic (exact) mass is 262 g/mol. The highest BCUT2D eigenvalue weighted by atomic mass is 16.5. The van der Waals surface area contributed by atoms with Gasteiger partial charge in [-0.15, -0.1) is 0 Å². The standard InChI is InChI=1S/C15H22N2O2/c1-3-16-13-6-4-12(5-7-13)15(18)17-10-8-14(19-2)9-11-17/h4-7,14,16H,3,8-11H2,1-2H3. The van der Waals surface area contributed by atoms with Gasteiger partial charge in [-0.3, -0.25) is 4.79 Å². The predicted molar refractivity (Wildman–Crippen MR) is 76.5 cm³/mol. The van der Waals surface area contributed by atoms with Gasteiger partial charge in [0.1, 0.15) is 0 Å². The van der Waals surface area contributed by atoms with E-state index in [9.17, 15) is 4.79 Å². The van der Waals surface area contributed by atoms with E-state index in [4.69, 9.17) is 4.74 Å². The van der Waals surface area contributed by atoms with Crippen molar-refractivity contribution in [2.45, 2.75) is 25.9 Å². The fourth-order valence-corrected chi connectivity index (χ4v) is 2.41. The molecule has 4 heteroatoms. The Morgan fingerprint density at radius 3 is 2.47 bits per heavy atom. The molecule has 0 aromatic heterocycles. The molecule has 0 bridgehead atoms. The predicted octanol–water partition coefficient (Wildman–Crippen LogP) is 2.37. The zero-order valence-electron chi connectivity index (χ0n) is 11.7. The van der Waals surface area contributed by atoms with E-state index in [0.29, 0.717) is 6.10 Å². The average molecular weight is 262 g/mol. The van der Waals surface area contributed by atoms with E-state index in [-0.39, 0.29) is 5.91 Å². The lowest BCUT2D eigenvalue weighted by Gasteiger charge is -2.31.